The lowest BCUT2D eigenvalue weighted by Gasteiger charge is -2.06. The van der Waals surface area contributed by atoms with Gasteiger partial charge in [0.2, 0.25) is 5.95 Å². The van der Waals surface area contributed by atoms with Crippen molar-refractivity contribution in [3.05, 3.63) is 12.7 Å². The molecule has 0 bridgehead atoms. The fraction of sp³-hybridized carbons (Fsp3) is 0.500. The molecule has 0 saturated heterocycles. The van der Waals surface area contributed by atoms with E-state index in [-0.39, 0.29) is 5.00 Å². The third-order valence-electron chi connectivity index (χ3n) is 1.52. The Morgan fingerprint density at radius 2 is 2.00 bits per heavy atom. The minimum absolute atomic E-state index is 0.276. The second-order valence-electron chi connectivity index (χ2n) is 2.55. The van der Waals surface area contributed by atoms with Gasteiger partial charge in [0.25, 0.3) is 0 Å². The van der Waals surface area contributed by atoms with Crippen molar-refractivity contribution in [3.63, 3.8) is 0 Å². The third kappa shape index (κ3) is 1.57. The van der Waals surface area contributed by atoms with Crippen molar-refractivity contribution in [2.75, 3.05) is 5.32 Å². The highest BCUT2D eigenvalue weighted by atomic mass is 35.5. The van der Waals surface area contributed by atoms with Crippen LogP contribution in [0.15, 0.2) is 12.7 Å². The van der Waals surface area contributed by atoms with Crippen LogP contribution in [0.5, 0.6) is 0 Å². The fourth-order valence-corrected chi connectivity index (χ4v) is 0.918. The first-order valence-corrected chi connectivity index (χ1v) is 3.75. The molecule has 1 heterocycles. The van der Waals surface area contributed by atoms with Crippen LogP contribution in [-0.4, -0.2) is 20.0 Å². The molecule has 1 aromatic rings. The molecule has 0 atom stereocenters. The summed E-state index contributed by atoms with van der Waals surface area (Å²) in [5, 5.41) is 3.00. The minimum atomic E-state index is -0.276. The molecule has 1 saturated carbocycles. The van der Waals surface area contributed by atoms with E-state index in [0.29, 0.717) is 5.95 Å². The first-order chi connectivity index (χ1) is 5.29. The summed E-state index contributed by atoms with van der Waals surface area (Å²) in [6.07, 6.45) is 4.83. The van der Waals surface area contributed by atoms with Gasteiger partial charge in [0.05, 0.1) is 0 Å². The van der Waals surface area contributed by atoms with Gasteiger partial charge in [-0.3, -0.25) is 0 Å². The van der Waals surface area contributed by atoms with E-state index in [4.69, 9.17) is 11.6 Å². The van der Waals surface area contributed by atoms with E-state index >= 15 is 0 Å². The lowest BCUT2D eigenvalue weighted by Crippen LogP contribution is -2.14. The minimum Gasteiger partial charge on any atom is -0.335 e. The molecule has 0 amide bonds. The van der Waals surface area contributed by atoms with Gasteiger partial charge in [0, 0.05) is 0 Å². The first-order valence-electron chi connectivity index (χ1n) is 3.38. The summed E-state index contributed by atoms with van der Waals surface area (Å²) >= 11 is 5.97. The van der Waals surface area contributed by atoms with Crippen LogP contribution in [0.2, 0.25) is 0 Å². The van der Waals surface area contributed by atoms with E-state index in [2.05, 4.69) is 20.3 Å². The van der Waals surface area contributed by atoms with Gasteiger partial charge in [0.1, 0.15) is 17.7 Å². The van der Waals surface area contributed by atoms with Gasteiger partial charge in [-0.15, -0.1) is 0 Å². The van der Waals surface area contributed by atoms with Crippen molar-refractivity contribution in [2.45, 2.75) is 17.8 Å². The van der Waals surface area contributed by atoms with Gasteiger partial charge in [-0.1, -0.05) is 11.6 Å². The molecule has 4 nitrogen and oxygen atoms in total. The number of aromatic nitrogens is 3. The Morgan fingerprint density at radius 1 is 1.36 bits per heavy atom. The highest BCUT2D eigenvalue weighted by molar-refractivity contribution is 6.26. The Kier molecular flexibility index (Phi) is 1.42. The third-order valence-corrected chi connectivity index (χ3v) is 1.99. The predicted molar refractivity (Wildman–Crippen MR) is 41.3 cm³/mol. The molecule has 0 radical (unpaired) electrons. The van der Waals surface area contributed by atoms with Crippen molar-refractivity contribution in [1.82, 2.24) is 15.0 Å². The lowest BCUT2D eigenvalue weighted by molar-refractivity contribution is 0.959. The molecule has 5 heteroatoms. The van der Waals surface area contributed by atoms with E-state index < -0.39 is 0 Å². The summed E-state index contributed by atoms with van der Waals surface area (Å²) in [5.41, 5.74) is 0. The molecule has 1 aromatic heterocycles. The second-order valence-corrected chi connectivity index (χ2v) is 3.28. The Bertz CT molecular complexity index is 246. The number of rotatable bonds is 2. The molecule has 1 N–H and O–H groups in total. The molecule has 1 fully saturated rings. The summed E-state index contributed by atoms with van der Waals surface area (Å²) in [6.45, 7) is 0. The number of anilines is 1. The molecular weight excluding hydrogens is 164 g/mol. The highest BCUT2D eigenvalue weighted by Crippen LogP contribution is 2.41. The Morgan fingerprint density at radius 3 is 2.55 bits per heavy atom. The van der Waals surface area contributed by atoms with Crippen molar-refractivity contribution in [2.24, 2.45) is 0 Å². The Labute approximate surface area is 69.0 Å². The zero-order chi connectivity index (χ0) is 7.73. The van der Waals surface area contributed by atoms with Crippen molar-refractivity contribution in [3.8, 4) is 0 Å². The smallest absolute Gasteiger partial charge is 0.227 e. The van der Waals surface area contributed by atoms with Gasteiger partial charge in [-0.05, 0) is 12.8 Å². The van der Waals surface area contributed by atoms with Crippen molar-refractivity contribution < 1.29 is 0 Å². The lowest BCUT2D eigenvalue weighted by atomic mass is 10.7. The largest absolute Gasteiger partial charge is 0.335 e. The quantitative estimate of drug-likeness (QED) is 0.532. The van der Waals surface area contributed by atoms with Crippen LogP contribution in [-0.2, 0) is 0 Å². The topological polar surface area (TPSA) is 50.7 Å². The van der Waals surface area contributed by atoms with Gasteiger partial charge in [-0.25, -0.2) is 15.0 Å². The average molecular weight is 171 g/mol. The fourth-order valence-electron chi connectivity index (χ4n) is 0.739. The van der Waals surface area contributed by atoms with Gasteiger partial charge >= 0.3 is 0 Å². The molecule has 0 aromatic carbocycles. The number of alkyl halides is 1. The maximum Gasteiger partial charge on any atom is 0.227 e. The number of halogens is 1. The van der Waals surface area contributed by atoms with E-state index in [9.17, 15) is 0 Å². The number of nitrogens with one attached hydrogen (secondary N) is 1. The normalized spacial score (nSPS) is 19.4. The van der Waals surface area contributed by atoms with Gasteiger partial charge in [-0.2, -0.15) is 0 Å². The van der Waals surface area contributed by atoms with Crippen LogP contribution in [0.25, 0.3) is 0 Å². The molecule has 2 rings (SSSR count). The Balaban J connectivity index is 2.07. The van der Waals surface area contributed by atoms with Crippen LogP contribution in [0.4, 0.5) is 5.95 Å². The zero-order valence-electron chi connectivity index (χ0n) is 5.79. The van der Waals surface area contributed by atoms with E-state index in [1.807, 2.05) is 0 Å². The van der Waals surface area contributed by atoms with E-state index in [0.717, 1.165) is 12.8 Å². The molecule has 11 heavy (non-hydrogen) atoms. The molecule has 0 spiro atoms. The van der Waals surface area contributed by atoms with Crippen LogP contribution in [0.1, 0.15) is 12.8 Å². The molecule has 1 aliphatic rings. The van der Waals surface area contributed by atoms with E-state index in [1.165, 1.54) is 12.7 Å². The predicted octanol–water partition coefficient (Wildman–Crippen LogP) is 1.01. The maximum absolute atomic E-state index is 5.97. The molecule has 0 unspecified atom stereocenters. The van der Waals surface area contributed by atoms with E-state index in [1.54, 1.807) is 0 Å². The van der Waals surface area contributed by atoms with Crippen LogP contribution in [0, 0.1) is 0 Å². The van der Waals surface area contributed by atoms with Gasteiger partial charge in [0.15, 0.2) is 0 Å². The maximum atomic E-state index is 5.97. The summed E-state index contributed by atoms with van der Waals surface area (Å²) in [6, 6.07) is 0. The highest BCUT2D eigenvalue weighted by Gasteiger charge is 2.41. The zero-order valence-corrected chi connectivity index (χ0v) is 6.54. The summed E-state index contributed by atoms with van der Waals surface area (Å²) < 4.78 is 0. The number of nitrogens with zero attached hydrogens (tertiary/aromatic N) is 3. The molecule has 0 aliphatic heterocycles. The average Bonchev–Trinajstić information content (AvgIpc) is 2.70. The molecule has 1 aliphatic carbocycles. The van der Waals surface area contributed by atoms with Crippen molar-refractivity contribution in [1.29, 1.82) is 0 Å². The Hall–Kier alpha value is -0.900. The summed E-state index contributed by atoms with van der Waals surface area (Å²) in [7, 11) is 0. The number of hydrogen-bond acceptors (Lipinski definition) is 4. The summed E-state index contributed by atoms with van der Waals surface area (Å²) in [5.74, 6) is 0.549. The van der Waals surface area contributed by atoms with Crippen LogP contribution >= 0.6 is 11.6 Å². The molecular formula is C6H7ClN4. The molecule has 58 valence electrons. The van der Waals surface area contributed by atoms with Gasteiger partial charge < -0.3 is 5.32 Å². The number of hydrogen-bond donors (Lipinski definition) is 1. The van der Waals surface area contributed by atoms with Crippen LogP contribution < -0.4 is 5.32 Å². The van der Waals surface area contributed by atoms with Crippen LogP contribution in [0.3, 0.4) is 0 Å². The standard InChI is InChI=1S/C6H7ClN4/c7-6(1-2-6)11-5-9-3-8-4-10-5/h3-4H,1-2H2,(H,8,9,10,11). The monoisotopic (exact) mass is 170 g/mol. The SMILES string of the molecule is ClC1(Nc2ncncn2)CC1. The summed E-state index contributed by atoms with van der Waals surface area (Å²) in [4.78, 5) is 11.2. The first kappa shape index (κ1) is 6.79. The van der Waals surface area contributed by atoms with Crippen molar-refractivity contribution >= 4 is 17.5 Å². The second kappa shape index (κ2) is 2.30.